The van der Waals surface area contributed by atoms with E-state index in [1.54, 1.807) is 10.9 Å². The lowest BCUT2D eigenvalue weighted by Crippen LogP contribution is -2.46. The van der Waals surface area contributed by atoms with Crippen LogP contribution in [0.2, 0.25) is 0 Å². The average Bonchev–Trinajstić information content (AvgIpc) is 2.20. The highest BCUT2D eigenvalue weighted by Gasteiger charge is 2.20. The number of hydrogen-bond acceptors (Lipinski definition) is 3. The number of aromatic nitrogens is 2. The molecule has 1 N–H and O–H groups in total. The van der Waals surface area contributed by atoms with Gasteiger partial charge in [-0.25, -0.2) is 4.98 Å². The summed E-state index contributed by atoms with van der Waals surface area (Å²) in [4.78, 5) is 16.3. The molecule has 3 rings (SSSR count). The Morgan fingerprint density at radius 3 is 2.75 bits per heavy atom. The van der Waals surface area contributed by atoms with Crippen molar-refractivity contribution in [2.45, 2.75) is 6.04 Å². The van der Waals surface area contributed by atoms with E-state index in [4.69, 9.17) is 0 Å². The van der Waals surface area contributed by atoms with Crippen molar-refractivity contribution in [3.05, 3.63) is 40.9 Å². The molecule has 1 fully saturated rings. The second-order valence-corrected chi connectivity index (χ2v) is 3.79. The Kier molecular flexibility index (Phi) is 2.94. The third-order valence-electron chi connectivity index (χ3n) is 2.84. The largest absolute Gasteiger partial charge is 0.313 e. The van der Waals surface area contributed by atoms with Crippen LogP contribution in [0.25, 0.3) is 10.9 Å². The van der Waals surface area contributed by atoms with E-state index in [0.29, 0.717) is 5.39 Å². The minimum atomic E-state index is 0. The molecule has 0 unspecified atom stereocenters. The summed E-state index contributed by atoms with van der Waals surface area (Å²) in [5.74, 6) is 0. The molecule has 0 aliphatic carbocycles. The Labute approximate surface area is 98.7 Å². The van der Waals surface area contributed by atoms with E-state index in [0.717, 1.165) is 18.6 Å². The molecular formula is C11H12ClN3O. The quantitative estimate of drug-likeness (QED) is 0.804. The van der Waals surface area contributed by atoms with Crippen molar-refractivity contribution < 1.29 is 0 Å². The highest BCUT2D eigenvalue weighted by molar-refractivity contribution is 5.85. The van der Waals surface area contributed by atoms with Crippen molar-refractivity contribution in [2.24, 2.45) is 0 Å². The molecule has 0 bridgehead atoms. The fourth-order valence-corrected chi connectivity index (χ4v) is 1.81. The summed E-state index contributed by atoms with van der Waals surface area (Å²) in [7, 11) is 0. The van der Waals surface area contributed by atoms with Crippen molar-refractivity contribution in [3.8, 4) is 0 Å². The molecule has 1 aliphatic rings. The summed E-state index contributed by atoms with van der Waals surface area (Å²) < 4.78 is 1.72. The molecule has 0 saturated carbocycles. The second kappa shape index (κ2) is 4.23. The Balaban J connectivity index is 0.000000963. The number of nitrogens with one attached hydrogen (secondary N) is 1. The van der Waals surface area contributed by atoms with E-state index < -0.39 is 0 Å². The summed E-state index contributed by atoms with van der Waals surface area (Å²) in [5, 5.41) is 3.85. The summed E-state index contributed by atoms with van der Waals surface area (Å²) >= 11 is 0. The van der Waals surface area contributed by atoms with Crippen LogP contribution < -0.4 is 10.9 Å². The molecule has 84 valence electrons. The van der Waals surface area contributed by atoms with Gasteiger partial charge in [-0.1, -0.05) is 12.1 Å². The number of fused-ring (bicyclic) bond motifs is 1. The standard InChI is InChI=1S/C11H11N3O.ClH/c15-11-9-3-1-2-4-10(9)13-7-14(11)8-5-12-6-8;/h1-4,7-8,12H,5-6H2;1H. The van der Waals surface area contributed by atoms with Crippen molar-refractivity contribution in [2.75, 3.05) is 13.1 Å². The van der Waals surface area contributed by atoms with Crippen molar-refractivity contribution in [1.82, 2.24) is 14.9 Å². The van der Waals surface area contributed by atoms with Crippen LogP contribution in [0.15, 0.2) is 35.4 Å². The lowest BCUT2D eigenvalue weighted by Gasteiger charge is -2.28. The van der Waals surface area contributed by atoms with Crippen LogP contribution in [0.4, 0.5) is 0 Å². The number of benzene rings is 1. The van der Waals surface area contributed by atoms with Gasteiger partial charge in [-0.2, -0.15) is 0 Å². The molecule has 2 heterocycles. The first-order valence-electron chi connectivity index (χ1n) is 5.03. The summed E-state index contributed by atoms with van der Waals surface area (Å²) in [6.07, 6.45) is 1.65. The van der Waals surface area contributed by atoms with Gasteiger partial charge in [0.2, 0.25) is 0 Å². The van der Waals surface area contributed by atoms with Crippen LogP contribution in [0.3, 0.4) is 0 Å². The van der Waals surface area contributed by atoms with E-state index in [2.05, 4.69) is 10.3 Å². The average molecular weight is 238 g/mol. The summed E-state index contributed by atoms with van der Waals surface area (Å²) in [5.41, 5.74) is 0.832. The Bertz CT molecular complexity index is 562. The SMILES string of the molecule is Cl.O=c1c2ccccc2ncn1C1CNC1. The first-order chi connectivity index (χ1) is 7.36. The van der Waals surface area contributed by atoms with Crippen LogP contribution in [-0.4, -0.2) is 22.6 Å². The maximum absolute atomic E-state index is 12.1. The van der Waals surface area contributed by atoms with Gasteiger partial charge in [0, 0.05) is 13.1 Å². The maximum Gasteiger partial charge on any atom is 0.261 e. The molecular weight excluding hydrogens is 226 g/mol. The number of rotatable bonds is 1. The van der Waals surface area contributed by atoms with E-state index in [1.165, 1.54) is 0 Å². The molecule has 4 nitrogen and oxygen atoms in total. The lowest BCUT2D eigenvalue weighted by atomic mass is 10.1. The Hall–Kier alpha value is -1.39. The minimum Gasteiger partial charge on any atom is -0.313 e. The normalized spacial score (nSPS) is 15.5. The molecule has 0 spiro atoms. The van der Waals surface area contributed by atoms with Crippen LogP contribution in [0.5, 0.6) is 0 Å². The molecule has 0 amide bonds. The second-order valence-electron chi connectivity index (χ2n) is 3.79. The number of para-hydroxylation sites is 1. The molecule has 1 saturated heterocycles. The molecule has 5 heteroatoms. The van der Waals surface area contributed by atoms with Gasteiger partial charge >= 0.3 is 0 Å². The van der Waals surface area contributed by atoms with Crippen LogP contribution >= 0.6 is 12.4 Å². The molecule has 1 aromatic carbocycles. The highest BCUT2D eigenvalue weighted by Crippen LogP contribution is 2.11. The summed E-state index contributed by atoms with van der Waals surface area (Å²) in [6, 6.07) is 7.72. The van der Waals surface area contributed by atoms with Gasteiger partial charge < -0.3 is 5.32 Å². The zero-order valence-corrected chi connectivity index (χ0v) is 9.41. The monoisotopic (exact) mass is 237 g/mol. The third kappa shape index (κ3) is 1.60. The van der Waals surface area contributed by atoms with E-state index in [1.807, 2.05) is 24.3 Å². The number of hydrogen-bond donors (Lipinski definition) is 1. The van der Waals surface area contributed by atoms with Gasteiger partial charge in [0.1, 0.15) is 0 Å². The fraction of sp³-hybridized carbons (Fsp3) is 0.273. The first kappa shape index (κ1) is 11.1. The molecule has 1 aromatic heterocycles. The van der Waals surface area contributed by atoms with Gasteiger partial charge in [0.05, 0.1) is 23.3 Å². The topological polar surface area (TPSA) is 46.9 Å². The van der Waals surface area contributed by atoms with Gasteiger partial charge in [-0.15, -0.1) is 12.4 Å². The first-order valence-corrected chi connectivity index (χ1v) is 5.03. The van der Waals surface area contributed by atoms with Crippen molar-refractivity contribution in [1.29, 1.82) is 0 Å². The highest BCUT2D eigenvalue weighted by atomic mass is 35.5. The lowest BCUT2D eigenvalue weighted by molar-refractivity contribution is 0.334. The van der Waals surface area contributed by atoms with E-state index >= 15 is 0 Å². The van der Waals surface area contributed by atoms with E-state index in [9.17, 15) is 4.79 Å². The fourth-order valence-electron chi connectivity index (χ4n) is 1.81. The smallest absolute Gasteiger partial charge is 0.261 e. The number of nitrogens with zero attached hydrogens (tertiary/aromatic N) is 2. The van der Waals surface area contributed by atoms with E-state index in [-0.39, 0.29) is 24.0 Å². The van der Waals surface area contributed by atoms with Gasteiger partial charge in [-0.3, -0.25) is 9.36 Å². The minimum absolute atomic E-state index is 0. The van der Waals surface area contributed by atoms with Crippen molar-refractivity contribution >= 4 is 23.3 Å². The van der Waals surface area contributed by atoms with Crippen molar-refractivity contribution in [3.63, 3.8) is 0 Å². The Morgan fingerprint density at radius 2 is 2.06 bits per heavy atom. The van der Waals surface area contributed by atoms with Gasteiger partial charge in [0.15, 0.2) is 0 Å². The van der Waals surface area contributed by atoms with Gasteiger partial charge in [0.25, 0.3) is 5.56 Å². The molecule has 0 atom stereocenters. The van der Waals surface area contributed by atoms with Crippen LogP contribution in [-0.2, 0) is 0 Å². The number of halogens is 1. The maximum atomic E-state index is 12.1. The summed E-state index contributed by atoms with van der Waals surface area (Å²) in [6.45, 7) is 1.72. The Morgan fingerprint density at radius 1 is 1.31 bits per heavy atom. The van der Waals surface area contributed by atoms with Crippen LogP contribution in [0, 0.1) is 0 Å². The molecule has 16 heavy (non-hydrogen) atoms. The van der Waals surface area contributed by atoms with Gasteiger partial charge in [-0.05, 0) is 12.1 Å². The molecule has 2 aromatic rings. The predicted molar refractivity (Wildman–Crippen MR) is 65.2 cm³/mol. The zero-order chi connectivity index (χ0) is 10.3. The molecule has 0 radical (unpaired) electrons. The predicted octanol–water partition coefficient (Wildman–Crippen LogP) is 0.963. The zero-order valence-electron chi connectivity index (χ0n) is 8.59. The third-order valence-corrected chi connectivity index (χ3v) is 2.84. The molecule has 1 aliphatic heterocycles. The van der Waals surface area contributed by atoms with Crippen LogP contribution in [0.1, 0.15) is 6.04 Å².